The largest absolute Gasteiger partial charge is 0.453 e. The fourth-order valence-electron chi connectivity index (χ4n) is 2.65. The first kappa shape index (κ1) is 22.3. The standard InChI is InChI=1S/C19H21F3N4O3/c1-25(2)19(28)17(29-11-27)10-26(3)9-13-7-23-8-16(24-13)12-4-5-15(20)14(6-12)18(21)22/h4-8,11,17-18H,9-10H2,1-3H3. The van der Waals surface area contributed by atoms with Crippen LogP contribution in [0, 0.1) is 5.82 Å². The lowest BCUT2D eigenvalue weighted by Gasteiger charge is -2.24. The van der Waals surface area contributed by atoms with E-state index in [-0.39, 0.29) is 25.5 Å². The lowest BCUT2D eigenvalue weighted by molar-refractivity contribution is -0.150. The van der Waals surface area contributed by atoms with Crippen molar-refractivity contribution in [1.29, 1.82) is 0 Å². The number of aromatic nitrogens is 2. The summed E-state index contributed by atoms with van der Waals surface area (Å²) in [7, 11) is 4.80. The van der Waals surface area contributed by atoms with E-state index < -0.39 is 23.9 Å². The Balaban J connectivity index is 2.16. The normalized spacial score (nSPS) is 12.1. The fraction of sp³-hybridized carbons (Fsp3) is 0.368. The lowest BCUT2D eigenvalue weighted by Crippen LogP contribution is -2.42. The van der Waals surface area contributed by atoms with E-state index in [0.29, 0.717) is 17.0 Å². The SMILES string of the molecule is CN(Cc1cncc(-c2ccc(F)c(C(F)F)c2)n1)CC(OC=O)C(=O)N(C)C. The second-order valence-corrected chi connectivity index (χ2v) is 6.58. The highest BCUT2D eigenvalue weighted by Gasteiger charge is 2.23. The molecule has 1 aromatic carbocycles. The zero-order valence-corrected chi connectivity index (χ0v) is 16.2. The van der Waals surface area contributed by atoms with Crippen molar-refractivity contribution in [3.8, 4) is 11.3 Å². The lowest BCUT2D eigenvalue weighted by atomic mass is 10.1. The molecule has 0 aliphatic heterocycles. The van der Waals surface area contributed by atoms with Crippen LogP contribution in [0.15, 0.2) is 30.6 Å². The summed E-state index contributed by atoms with van der Waals surface area (Å²) in [6.07, 6.45) is -1.05. The third-order valence-electron chi connectivity index (χ3n) is 4.06. The zero-order chi connectivity index (χ0) is 21.6. The van der Waals surface area contributed by atoms with E-state index in [1.165, 1.54) is 23.4 Å². The predicted octanol–water partition coefficient (Wildman–Crippen LogP) is 2.28. The van der Waals surface area contributed by atoms with Crippen LogP contribution in [0.2, 0.25) is 0 Å². The molecule has 1 heterocycles. The van der Waals surface area contributed by atoms with Crippen molar-refractivity contribution in [2.24, 2.45) is 0 Å². The van der Waals surface area contributed by atoms with Crippen molar-refractivity contribution in [1.82, 2.24) is 19.8 Å². The minimum atomic E-state index is -2.94. The number of halogens is 3. The van der Waals surface area contributed by atoms with Crippen molar-refractivity contribution < 1.29 is 27.5 Å². The van der Waals surface area contributed by atoms with Gasteiger partial charge in [0.25, 0.3) is 18.8 Å². The number of likely N-dealkylation sites (N-methyl/N-ethyl adjacent to an activating group) is 2. The van der Waals surface area contributed by atoms with E-state index in [1.54, 1.807) is 26.0 Å². The molecule has 2 aromatic rings. The number of carbonyl (C=O) groups is 2. The van der Waals surface area contributed by atoms with Crippen LogP contribution in [0.5, 0.6) is 0 Å². The summed E-state index contributed by atoms with van der Waals surface area (Å²) in [4.78, 5) is 34.2. The third-order valence-corrected chi connectivity index (χ3v) is 4.06. The number of amides is 1. The maximum atomic E-state index is 13.5. The number of ether oxygens (including phenoxy) is 1. The third kappa shape index (κ3) is 5.98. The summed E-state index contributed by atoms with van der Waals surface area (Å²) in [5.41, 5.74) is 0.407. The molecular weight excluding hydrogens is 389 g/mol. The van der Waals surface area contributed by atoms with Gasteiger partial charge >= 0.3 is 0 Å². The van der Waals surface area contributed by atoms with Crippen molar-refractivity contribution in [3.63, 3.8) is 0 Å². The molecule has 0 bridgehead atoms. The molecule has 0 aliphatic carbocycles. The Morgan fingerprint density at radius 2 is 1.97 bits per heavy atom. The van der Waals surface area contributed by atoms with E-state index in [2.05, 4.69) is 9.97 Å². The first-order chi connectivity index (χ1) is 13.7. The maximum absolute atomic E-state index is 13.5. The zero-order valence-electron chi connectivity index (χ0n) is 16.2. The van der Waals surface area contributed by atoms with Crippen LogP contribution in [0.1, 0.15) is 17.7 Å². The van der Waals surface area contributed by atoms with Crippen LogP contribution >= 0.6 is 0 Å². The quantitative estimate of drug-likeness (QED) is 0.591. The summed E-state index contributed by atoms with van der Waals surface area (Å²) in [6.45, 7) is 0.590. The smallest absolute Gasteiger partial charge is 0.293 e. The predicted molar refractivity (Wildman–Crippen MR) is 98.3 cm³/mol. The highest BCUT2D eigenvalue weighted by molar-refractivity contribution is 5.81. The average molecular weight is 410 g/mol. The van der Waals surface area contributed by atoms with Gasteiger partial charge in [-0.25, -0.2) is 18.2 Å². The van der Waals surface area contributed by atoms with E-state index in [9.17, 15) is 22.8 Å². The molecule has 0 aliphatic rings. The number of benzene rings is 1. The summed E-state index contributed by atoms with van der Waals surface area (Å²) in [6, 6.07) is 3.36. The molecule has 29 heavy (non-hydrogen) atoms. The Bertz CT molecular complexity index is 864. The number of nitrogens with zero attached hydrogens (tertiary/aromatic N) is 4. The number of carbonyl (C=O) groups excluding carboxylic acids is 2. The maximum Gasteiger partial charge on any atom is 0.293 e. The molecule has 0 radical (unpaired) electrons. The van der Waals surface area contributed by atoms with Gasteiger partial charge in [0.05, 0.1) is 23.1 Å². The van der Waals surface area contributed by atoms with Crippen molar-refractivity contribution in [2.45, 2.75) is 19.1 Å². The summed E-state index contributed by atoms with van der Waals surface area (Å²) < 4.78 is 44.2. The fourth-order valence-corrected chi connectivity index (χ4v) is 2.65. The van der Waals surface area contributed by atoms with E-state index in [4.69, 9.17) is 4.74 Å². The van der Waals surface area contributed by atoms with Crippen LogP contribution in [0.4, 0.5) is 13.2 Å². The highest BCUT2D eigenvalue weighted by Crippen LogP contribution is 2.27. The van der Waals surface area contributed by atoms with Gasteiger partial charge in [0.1, 0.15) is 5.82 Å². The van der Waals surface area contributed by atoms with Crippen LogP contribution in [0.25, 0.3) is 11.3 Å². The first-order valence-electron chi connectivity index (χ1n) is 8.60. The minimum Gasteiger partial charge on any atom is -0.453 e. The Kier molecular flexibility index (Phi) is 7.66. The number of rotatable bonds is 9. The monoisotopic (exact) mass is 410 g/mol. The summed E-state index contributed by atoms with van der Waals surface area (Å²) in [5, 5.41) is 0. The number of alkyl halides is 2. The molecule has 0 saturated carbocycles. The summed E-state index contributed by atoms with van der Waals surface area (Å²) in [5.74, 6) is -1.35. The van der Waals surface area contributed by atoms with Gasteiger partial charge in [-0.15, -0.1) is 0 Å². The van der Waals surface area contributed by atoms with E-state index >= 15 is 0 Å². The van der Waals surface area contributed by atoms with Gasteiger partial charge in [0.15, 0.2) is 6.10 Å². The molecule has 0 spiro atoms. The Morgan fingerprint density at radius 3 is 2.59 bits per heavy atom. The van der Waals surface area contributed by atoms with Gasteiger partial charge in [-0.3, -0.25) is 19.5 Å². The van der Waals surface area contributed by atoms with Crippen molar-refractivity contribution >= 4 is 12.4 Å². The van der Waals surface area contributed by atoms with Crippen LogP contribution in [0.3, 0.4) is 0 Å². The topological polar surface area (TPSA) is 75.6 Å². The van der Waals surface area contributed by atoms with Gasteiger partial charge in [-0.05, 0) is 25.2 Å². The van der Waals surface area contributed by atoms with Crippen LogP contribution in [-0.4, -0.2) is 65.9 Å². The average Bonchev–Trinajstić information content (AvgIpc) is 2.67. The van der Waals surface area contributed by atoms with Crippen molar-refractivity contribution in [2.75, 3.05) is 27.7 Å². The molecule has 2 rings (SSSR count). The van der Waals surface area contributed by atoms with Gasteiger partial charge in [0.2, 0.25) is 0 Å². The number of hydrogen-bond donors (Lipinski definition) is 0. The molecule has 1 aromatic heterocycles. The van der Waals surface area contributed by atoms with Gasteiger partial charge < -0.3 is 9.64 Å². The molecule has 10 heteroatoms. The van der Waals surface area contributed by atoms with Gasteiger partial charge in [-0.1, -0.05) is 0 Å². The van der Waals surface area contributed by atoms with Gasteiger partial charge in [0, 0.05) is 38.9 Å². The van der Waals surface area contributed by atoms with Crippen LogP contribution in [-0.2, 0) is 20.9 Å². The highest BCUT2D eigenvalue weighted by atomic mass is 19.3. The number of hydrogen-bond acceptors (Lipinski definition) is 6. The molecule has 0 saturated heterocycles. The Morgan fingerprint density at radius 1 is 1.24 bits per heavy atom. The van der Waals surface area contributed by atoms with Crippen LogP contribution < -0.4 is 0 Å². The molecular formula is C19H21F3N4O3. The Hall–Kier alpha value is -3.01. The minimum absolute atomic E-state index is 0.119. The second-order valence-electron chi connectivity index (χ2n) is 6.58. The van der Waals surface area contributed by atoms with Gasteiger partial charge in [-0.2, -0.15) is 0 Å². The molecule has 1 amide bonds. The molecule has 7 nitrogen and oxygen atoms in total. The molecule has 1 atom stereocenters. The van der Waals surface area contributed by atoms with Crippen molar-refractivity contribution in [3.05, 3.63) is 47.7 Å². The summed E-state index contributed by atoms with van der Waals surface area (Å²) >= 11 is 0. The molecule has 0 fully saturated rings. The molecule has 156 valence electrons. The second kappa shape index (κ2) is 9.97. The molecule has 0 N–H and O–H groups in total. The first-order valence-corrected chi connectivity index (χ1v) is 8.60. The molecule has 1 unspecified atom stereocenters. The van der Waals surface area contributed by atoms with E-state index in [1.807, 2.05) is 0 Å². The Labute approximate surface area is 166 Å². The van der Waals surface area contributed by atoms with E-state index in [0.717, 1.165) is 12.1 Å².